The Kier molecular flexibility index (Phi) is 6.63. The number of piperazine rings is 1. The van der Waals surface area contributed by atoms with Gasteiger partial charge in [0, 0.05) is 43.3 Å². The highest BCUT2D eigenvalue weighted by Crippen LogP contribution is 2.23. The summed E-state index contributed by atoms with van der Waals surface area (Å²) >= 11 is 7.59. The van der Waals surface area contributed by atoms with Gasteiger partial charge in [-0.15, -0.1) is 11.3 Å². The molecular weight excluding hydrogens is 452 g/mol. The van der Waals surface area contributed by atoms with Crippen molar-refractivity contribution >= 4 is 39.6 Å². The van der Waals surface area contributed by atoms with Gasteiger partial charge in [-0.1, -0.05) is 54.1 Å². The molecule has 1 saturated heterocycles. The third-order valence-electron chi connectivity index (χ3n) is 5.95. The van der Waals surface area contributed by atoms with Crippen LogP contribution in [0.4, 0.5) is 0 Å². The zero-order valence-corrected chi connectivity index (χ0v) is 19.8. The van der Waals surface area contributed by atoms with Crippen LogP contribution in [-0.4, -0.2) is 41.9 Å². The molecule has 1 aromatic heterocycles. The molecule has 0 saturated carbocycles. The maximum Gasteiger partial charge on any atom is 0.264 e. The fourth-order valence-electron chi connectivity index (χ4n) is 4.15. The van der Waals surface area contributed by atoms with Gasteiger partial charge in [0.2, 0.25) is 0 Å². The molecule has 4 aromatic rings. The summed E-state index contributed by atoms with van der Waals surface area (Å²) in [6.45, 7) is 4.51. The van der Waals surface area contributed by atoms with E-state index in [-0.39, 0.29) is 5.91 Å². The van der Waals surface area contributed by atoms with E-state index >= 15 is 0 Å². The number of halogens is 1. The number of rotatable bonds is 6. The first-order chi connectivity index (χ1) is 16.1. The normalized spacial score (nSPS) is 14.5. The monoisotopic (exact) mass is 476 g/mol. The van der Waals surface area contributed by atoms with Crippen LogP contribution < -0.4 is 4.74 Å². The Morgan fingerprint density at radius 3 is 2.52 bits per heavy atom. The van der Waals surface area contributed by atoms with Gasteiger partial charge in [-0.05, 0) is 52.0 Å². The molecule has 4 nitrogen and oxygen atoms in total. The smallest absolute Gasteiger partial charge is 0.264 e. The molecule has 2 heterocycles. The van der Waals surface area contributed by atoms with Gasteiger partial charge < -0.3 is 9.64 Å². The predicted molar refractivity (Wildman–Crippen MR) is 135 cm³/mol. The van der Waals surface area contributed by atoms with Gasteiger partial charge in [-0.25, -0.2) is 0 Å². The molecule has 33 heavy (non-hydrogen) atoms. The first-order valence-corrected chi connectivity index (χ1v) is 12.3. The zero-order chi connectivity index (χ0) is 22.6. The SMILES string of the molecule is O=C(c1cc(COc2ccc3ccccc3c2)cs1)N1CCN(Cc2cccc(Cl)c2)CC1. The van der Waals surface area contributed by atoms with E-state index in [0.29, 0.717) is 6.61 Å². The number of fused-ring (bicyclic) bond motifs is 1. The lowest BCUT2D eigenvalue weighted by molar-refractivity contribution is 0.0633. The summed E-state index contributed by atoms with van der Waals surface area (Å²) in [5, 5.41) is 5.13. The number of ether oxygens (including phenoxy) is 1. The van der Waals surface area contributed by atoms with Crippen LogP contribution >= 0.6 is 22.9 Å². The molecule has 0 aliphatic carbocycles. The van der Waals surface area contributed by atoms with Crippen molar-refractivity contribution in [2.75, 3.05) is 26.2 Å². The lowest BCUT2D eigenvalue weighted by atomic mass is 10.1. The highest BCUT2D eigenvalue weighted by atomic mass is 35.5. The van der Waals surface area contributed by atoms with Gasteiger partial charge in [-0.2, -0.15) is 0 Å². The van der Waals surface area contributed by atoms with E-state index in [0.717, 1.165) is 59.3 Å². The van der Waals surface area contributed by atoms with Gasteiger partial charge >= 0.3 is 0 Å². The lowest BCUT2D eigenvalue weighted by Crippen LogP contribution is -2.48. The van der Waals surface area contributed by atoms with Crippen molar-refractivity contribution in [2.24, 2.45) is 0 Å². The van der Waals surface area contributed by atoms with Crippen LogP contribution in [0, 0.1) is 0 Å². The van der Waals surface area contributed by atoms with E-state index in [2.05, 4.69) is 35.2 Å². The standard InChI is InChI=1S/C27H25ClN2O2S/c28-24-7-3-4-20(14-24)17-29-10-12-30(13-11-29)27(31)26-15-21(19-33-26)18-32-25-9-8-22-5-1-2-6-23(22)16-25/h1-9,14-16,19H,10-13,17-18H2. The molecule has 1 fully saturated rings. The average Bonchev–Trinajstić information content (AvgIpc) is 3.32. The van der Waals surface area contributed by atoms with Crippen molar-refractivity contribution in [3.63, 3.8) is 0 Å². The Balaban J connectivity index is 1.14. The Bertz CT molecular complexity index is 1260. The fraction of sp³-hybridized carbons (Fsp3) is 0.222. The molecule has 6 heteroatoms. The summed E-state index contributed by atoms with van der Waals surface area (Å²) in [6.07, 6.45) is 0. The zero-order valence-electron chi connectivity index (χ0n) is 18.2. The molecule has 5 rings (SSSR count). The minimum atomic E-state index is 0.111. The molecule has 3 aromatic carbocycles. The maximum absolute atomic E-state index is 13.0. The molecule has 0 radical (unpaired) electrons. The Morgan fingerprint density at radius 2 is 1.70 bits per heavy atom. The number of amides is 1. The van der Waals surface area contributed by atoms with E-state index in [4.69, 9.17) is 16.3 Å². The minimum Gasteiger partial charge on any atom is -0.489 e. The van der Waals surface area contributed by atoms with E-state index in [9.17, 15) is 4.79 Å². The van der Waals surface area contributed by atoms with Gasteiger partial charge in [0.05, 0.1) is 4.88 Å². The van der Waals surface area contributed by atoms with Crippen LogP contribution in [0.15, 0.2) is 78.2 Å². The Hall–Kier alpha value is -2.86. The Labute approximate surface area is 203 Å². The molecule has 0 bridgehead atoms. The third kappa shape index (κ3) is 5.38. The quantitative estimate of drug-likeness (QED) is 0.337. The summed E-state index contributed by atoms with van der Waals surface area (Å²) in [5.41, 5.74) is 2.23. The summed E-state index contributed by atoms with van der Waals surface area (Å²) in [4.78, 5) is 18.1. The summed E-state index contributed by atoms with van der Waals surface area (Å²) in [7, 11) is 0. The molecule has 1 amide bonds. The van der Waals surface area contributed by atoms with Gasteiger partial charge in [-0.3, -0.25) is 9.69 Å². The van der Waals surface area contributed by atoms with Gasteiger partial charge in [0.25, 0.3) is 5.91 Å². The second-order valence-corrected chi connectivity index (χ2v) is 9.66. The summed E-state index contributed by atoms with van der Waals surface area (Å²) in [6, 6.07) is 24.3. The summed E-state index contributed by atoms with van der Waals surface area (Å²) in [5.74, 6) is 0.947. The first-order valence-electron chi connectivity index (χ1n) is 11.1. The van der Waals surface area contributed by atoms with E-state index < -0.39 is 0 Å². The second-order valence-electron chi connectivity index (χ2n) is 8.32. The number of benzene rings is 3. The topological polar surface area (TPSA) is 32.8 Å². The minimum absolute atomic E-state index is 0.111. The fourth-order valence-corrected chi connectivity index (χ4v) is 5.22. The molecule has 1 aliphatic rings. The highest BCUT2D eigenvalue weighted by Gasteiger charge is 2.23. The van der Waals surface area contributed by atoms with Crippen LogP contribution in [0.5, 0.6) is 5.75 Å². The van der Waals surface area contributed by atoms with Crippen molar-refractivity contribution in [1.82, 2.24) is 9.80 Å². The maximum atomic E-state index is 13.0. The largest absolute Gasteiger partial charge is 0.489 e. The van der Waals surface area contributed by atoms with Crippen molar-refractivity contribution in [3.8, 4) is 5.75 Å². The molecule has 0 N–H and O–H groups in total. The summed E-state index contributed by atoms with van der Waals surface area (Å²) < 4.78 is 5.98. The average molecular weight is 477 g/mol. The predicted octanol–water partition coefficient (Wildman–Crippen LogP) is 6.09. The number of thiophene rings is 1. The lowest BCUT2D eigenvalue weighted by Gasteiger charge is -2.34. The second kappa shape index (κ2) is 9.96. The molecule has 168 valence electrons. The third-order valence-corrected chi connectivity index (χ3v) is 7.15. The van der Waals surface area contributed by atoms with Gasteiger partial charge in [0.1, 0.15) is 12.4 Å². The molecule has 0 atom stereocenters. The van der Waals surface area contributed by atoms with E-state index in [1.54, 1.807) is 0 Å². The highest BCUT2D eigenvalue weighted by molar-refractivity contribution is 7.12. The van der Waals surface area contributed by atoms with Crippen molar-refractivity contribution in [2.45, 2.75) is 13.2 Å². The van der Waals surface area contributed by atoms with E-state index in [1.807, 2.05) is 52.7 Å². The van der Waals surface area contributed by atoms with Crippen LogP contribution in [0.1, 0.15) is 20.8 Å². The van der Waals surface area contributed by atoms with Crippen molar-refractivity contribution in [1.29, 1.82) is 0 Å². The van der Waals surface area contributed by atoms with Crippen LogP contribution in [0.25, 0.3) is 10.8 Å². The van der Waals surface area contributed by atoms with Crippen LogP contribution in [-0.2, 0) is 13.2 Å². The molecular formula is C27H25ClN2O2S. The molecule has 0 unspecified atom stereocenters. The van der Waals surface area contributed by atoms with Gasteiger partial charge in [0.15, 0.2) is 0 Å². The Morgan fingerprint density at radius 1 is 0.879 bits per heavy atom. The van der Waals surface area contributed by atoms with Crippen molar-refractivity contribution < 1.29 is 9.53 Å². The van der Waals surface area contributed by atoms with Crippen LogP contribution in [0.3, 0.4) is 0 Å². The first kappa shape index (κ1) is 22.0. The number of carbonyl (C=O) groups is 1. The van der Waals surface area contributed by atoms with Crippen molar-refractivity contribution in [3.05, 3.63) is 99.2 Å². The number of nitrogens with zero attached hydrogens (tertiary/aromatic N) is 2. The molecule has 1 aliphatic heterocycles. The number of carbonyl (C=O) groups excluding carboxylic acids is 1. The number of hydrogen-bond acceptors (Lipinski definition) is 4. The number of hydrogen-bond donors (Lipinski definition) is 0. The molecule has 0 spiro atoms. The van der Waals surface area contributed by atoms with Crippen LogP contribution in [0.2, 0.25) is 5.02 Å². The van der Waals surface area contributed by atoms with E-state index in [1.165, 1.54) is 22.3 Å².